The first-order valence-corrected chi connectivity index (χ1v) is 21.3. The monoisotopic (exact) mass is 738 g/mol. The summed E-state index contributed by atoms with van der Waals surface area (Å²) < 4.78 is 0. The van der Waals surface area contributed by atoms with Gasteiger partial charge in [-0.05, 0) is 43.5 Å². The SMILES string of the molecule is CCCCCCCCCCCCNC(=O)[C@@H]1CN(C(=O)c2ccc(C(=O)N3CC[C@H](C(N)=O)C3)cc2)C[C@H]1C(=O)NCCCCCCCCCCCC. The first-order valence-electron chi connectivity index (χ1n) is 21.3. The number of nitrogens with one attached hydrogen (secondary N) is 2. The summed E-state index contributed by atoms with van der Waals surface area (Å²) in [5.74, 6) is -2.79. The molecule has 2 heterocycles. The van der Waals surface area contributed by atoms with E-state index in [2.05, 4.69) is 24.5 Å². The summed E-state index contributed by atoms with van der Waals surface area (Å²) in [4.78, 5) is 68.5. The predicted octanol–water partition coefficient (Wildman–Crippen LogP) is 7.40. The molecule has 2 fully saturated rings. The van der Waals surface area contributed by atoms with Crippen LogP contribution in [0.3, 0.4) is 0 Å². The van der Waals surface area contributed by atoms with E-state index in [1.54, 1.807) is 34.1 Å². The Bertz CT molecular complexity index is 1210. The lowest BCUT2D eigenvalue weighted by Crippen LogP contribution is -2.42. The zero-order chi connectivity index (χ0) is 38.3. The highest BCUT2D eigenvalue weighted by Gasteiger charge is 2.43. The molecule has 0 radical (unpaired) electrons. The van der Waals surface area contributed by atoms with Crippen molar-refractivity contribution in [3.05, 3.63) is 35.4 Å². The van der Waals surface area contributed by atoms with E-state index in [9.17, 15) is 24.0 Å². The highest BCUT2D eigenvalue weighted by atomic mass is 16.2. The third-order valence-corrected chi connectivity index (χ3v) is 11.2. The number of nitrogens with two attached hydrogens (primary N) is 1. The van der Waals surface area contributed by atoms with Crippen LogP contribution in [0.1, 0.15) is 169 Å². The molecule has 5 amide bonds. The summed E-state index contributed by atoms with van der Waals surface area (Å²) in [5, 5.41) is 6.15. The number of hydrogen-bond acceptors (Lipinski definition) is 5. The minimum Gasteiger partial charge on any atom is -0.369 e. The Morgan fingerprint density at radius 2 is 0.906 bits per heavy atom. The first-order chi connectivity index (χ1) is 25.8. The zero-order valence-corrected chi connectivity index (χ0v) is 33.1. The van der Waals surface area contributed by atoms with Gasteiger partial charge in [-0.3, -0.25) is 24.0 Å². The maximum Gasteiger partial charge on any atom is 0.253 e. The van der Waals surface area contributed by atoms with Crippen LogP contribution in [0.25, 0.3) is 0 Å². The zero-order valence-electron chi connectivity index (χ0n) is 33.1. The van der Waals surface area contributed by atoms with Gasteiger partial charge >= 0.3 is 0 Å². The maximum absolute atomic E-state index is 13.7. The molecule has 2 saturated heterocycles. The van der Waals surface area contributed by atoms with E-state index in [0.717, 1.165) is 38.5 Å². The molecule has 3 atom stereocenters. The van der Waals surface area contributed by atoms with E-state index < -0.39 is 17.7 Å². The lowest BCUT2D eigenvalue weighted by atomic mass is 9.94. The lowest BCUT2D eigenvalue weighted by Gasteiger charge is -2.18. The summed E-state index contributed by atoms with van der Waals surface area (Å²) in [6.07, 6.45) is 24.9. The Balaban J connectivity index is 1.50. The maximum atomic E-state index is 13.7. The molecule has 53 heavy (non-hydrogen) atoms. The van der Waals surface area contributed by atoms with E-state index in [1.165, 1.54) is 89.9 Å². The molecule has 0 aliphatic carbocycles. The molecule has 0 unspecified atom stereocenters. The van der Waals surface area contributed by atoms with Crippen molar-refractivity contribution in [3.63, 3.8) is 0 Å². The number of amides is 5. The van der Waals surface area contributed by atoms with E-state index in [-0.39, 0.29) is 42.6 Å². The molecule has 1 aromatic carbocycles. The predicted molar refractivity (Wildman–Crippen MR) is 212 cm³/mol. The van der Waals surface area contributed by atoms with Crippen molar-refractivity contribution in [2.75, 3.05) is 39.3 Å². The van der Waals surface area contributed by atoms with Gasteiger partial charge < -0.3 is 26.2 Å². The van der Waals surface area contributed by atoms with Crippen molar-refractivity contribution < 1.29 is 24.0 Å². The fraction of sp³-hybridized carbons (Fsp3) is 0.744. The Morgan fingerprint density at radius 1 is 0.547 bits per heavy atom. The fourth-order valence-electron chi connectivity index (χ4n) is 7.71. The molecule has 10 heteroatoms. The smallest absolute Gasteiger partial charge is 0.253 e. The third-order valence-electron chi connectivity index (χ3n) is 11.2. The summed E-state index contributed by atoms with van der Waals surface area (Å²) in [6.45, 7) is 6.72. The number of likely N-dealkylation sites (tertiary alicyclic amines) is 2. The van der Waals surface area contributed by atoms with Crippen LogP contribution in [0.4, 0.5) is 0 Å². The minimum atomic E-state index is -0.621. The highest BCUT2D eigenvalue weighted by molar-refractivity contribution is 5.99. The van der Waals surface area contributed by atoms with Crippen LogP contribution in [-0.4, -0.2) is 78.6 Å². The average Bonchev–Trinajstić information content (AvgIpc) is 3.85. The topological polar surface area (TPSA) is 142 Å². The van der Waals surface area contributed by atoms with E-state index in [1.807, 2.05) is 0 Å². The van der Waals surface area contributed by atoms with Gasteiger partial charge in [-0.1, -0.05) is 129 Å². The molecule has 1 aromatic rings. The van der Waals surface area contributed by atoms with Gasteiger partial charge in [-0.15, -0.1) is 0 Å². The third kappa shape index (κ3) is 15.8. The van der Waals surface area contributed by atoms with Crippen LogP contribution in [0, 0.1) is 17.8 Å². The van der Waals surface area contributed by atoms with Crippen LogP contribution in [-0.2, 0) is 14.4 Å². The normalized spacial score (nSPS) is 18.3. The number of carbonyl (C=O) groups is 5. The second-order valence-electron chi connectivity index (χ2n) is 15.6. The molecule has 0 aromatic heterocycles. The quantitative estimate of drug-likeness (QED) is 0.0808. The van der Waals surface area contributed by atoms with E-state index in [4.69, 9.17) is 5.73 Å². The van der Waals surface area contributed by atoms with Gasteiger partial charge in [0.2, 0.25) is 17.7 Å². The largest absolute Gasteiger partial charge is 0.369 e. The van der Waals surface area contributed by atoms with Crippen LogP contribution in [0.15, 0.2) is 24.3 Å². The number of rotatable bonds is 27. The van der Waals surface area contributed by atoms with Gasteiger partial charge in [0.25, 0.3) is 11.8 Å². The Morgan fingerprint density at radius 3 is 1.26 bits per heavy atom. The second kappa shape index (κ2) is 25.6. The highest BCUT2D eigenvalue weighted by Crippen LogP contribution is 2.27. The fourth-order valence-corrected chi connectivity index (χ4v) is 7.71. The summed E-state index contributed by atoms with van der Waals surface area (Å²) in [5.41, 5.74) is 6.26. The van der Waals surface area contributed by atoms with Crippen molar-refractivity contribution in [1.82, 2.24) is 20.4 Å². The van der Waals surface area contributed by atoms with Gasteiger partial charge in [-0.25, -0.2) is 0 Å². The molecule has 4 N–H and O–H groups in total. The Kier molecular flexibility index (Phi) is 21.2. The molecular formula is C43H71N5O5. The average molecular weight is 738 g/mol. The first kappa shape index (κ1) is 44.0. The number of nitrogens with zero attached hydrogens (tertiary/aromatic N) is 2. The van der Waals surface area contributed by atoms with E-state index in [0.29, 0.717) is 43.7 Å². The summed E-state index contributed by atoms with van der Waals surface area (Å²) >= 11 is 0. The summed E-state index contributed by atoms with van der Waals surface area (Å²) in [6, 6.07) is 6.49. The van der Waals surface area contributed by atoms with Crippen molar-refractivity contribution in [1.29, 1.82) is 0 Å². The molecular weight excluding hydrogens is 667 g/mol. The van der Waals surface area contributed by atoms with Gasteiger partial charge in [0.05, 0.1) is 17.8 Å². The number of hydrogen-bond donors (Lipinski definition) is 3. The molecule has 2 aliphatic rings. The Hall–Kier alpha value is -3.43. The molecule has 0 spiro atoms. The molecule has 10 nitrogen and oxygen atoms in total. The lowest BCUT2D eigenvalue weighted by molar-refractivity contribution is -0.132. The Labute approximate surface area is 320 Å². The van der Waals surface area contributed by atoms with Gasteiger partial charge in [0.15, 0.2) is 0 Å². The van der Waals surface area contributed by atoms with Crippen molar-refractivity contribution in [2.45, 2.75) is 149 Å². The van der Waals surface area contributed by atoms with Gasteiger partial charge in [-0.2, -0.15) is 0 Å². The number of benzene rings is 1. The van der Waals surface area contributed by atoms with E-state index >= 15 is 0 Å². The van der Waals surface area contributed by atoms with Crippen LogP contribution in [0.2, 0.25) is 0 Å². The molecule has 0 bridgehead atoms. The standard InChI is InChI=1S/C43H71N5O5/c1-3-5-7-9-11-13-15-17-19-21-28-45-40(50)37-32-48(33-38(37)41(51)46-29-22-20-18-16-14-12-10-8-6-4-2)43(53)35-25-23-34(24-26-35)42(52)47-30-27-36(31-47)39(44)49/h23-26,36-38H,3-22,27-33H2,1-2H3,(H2,44,49)(H,45,50)(H,46,51)/t36-,37+,38+/m0/s1. The molecule has 298 valence electrons. The minimum absolute atomic E-state index is 0.169. The second-order valence-corrected chi connectivity index (χ2v) is 15.6. The van der Waals surface area contributed by atoms with Crippen LogP contribution in [0.5, 0.6) is 0 Å². The van der Waals surface area contributed by atoms with Crippen molar-refractivity contribution in [3.8, 4) is 0 Å². The van der Waals surface area contributed by atoms with Crippen LogP contribution < -0.4 is 16.4 Å². The number of unbranched alkanes of at least 4 members (excludes halogenated alkanes) is 18. The van der Waals surface area contributed by atoms with Gasteiger partial charge in [0.1, 0.15) is 0 Å². The molecule has 2 aliphatic heterocycles. The van der Waals surface area contributed by atoms with Crippen molar-refractivity contribution in [2.24, 2.45) is 23.5 Å². The molecule has 0 saturated carbocycles. The molecule has 3 rings (SSSR count). The van der Waals surface area contributed by atoms with Gasteiger partial charge in [0, 0.05) is 50.4 Å². The van der Waals surface area contributed by atoms with Crippen molar-refractivity contribution >= 4 is 29.5 Å². The summed E-state index contributed by atoms with van der Waals surface area (Å²) in [7, 11) is 0. The number of primary amides is 1. The number of carbonyl (C=O) groups excluding carboxylic acids is 5. The van der Waals surface area contributed by atoms with Crippen LogP contribution >= 0.6 is 0 Å².